The third-order valence-electron chi connectivity index (χ3n) is 3.27. The van der Waals surface area contributed by atoms with Crippen molar-refractivity contribution in [3.8, 4) is 0 Å². The van der Waals surface area contributed by atoms with E-state index in [2.05, 4.69) is 46.9 Å². The zero-order chi connectivity index (χ0) is 11.9. The van der Waals surface area contributed by atoms with Crippen molar-refractivity contribution in [3.05, 3.63) is 0 Å². The Bertz CT molecular complexity index is 142. The molecule has 1 N–H and O–H groups in total. The van der Waals surface area contributed by atoms with E-state index in [-0.39, 0.29) is 5.54 Å². The molecular weight excluding hydrogens is 182 g/mol. The fraction of sp³-hybridized carbons (Fsp3) is 1.00. The Kier molecular flexibility index (Phi) is 7.25. The van der Waals surface area contributed by atoms with Crippen LogP contribution in [0.25, 0.3) is 0 Å². The van der Waals surface area contributed by atoms with E-state index in [4.69, 9.17) is 0 Å². The summed E-state index contributed by atoms with van der Waals surface area (Å²) < 4.78 is 0. The number of rotatable bonds is 7. The molecule has 0 saturated carbocycles. The Morgan fingerprint density at radius 1 is 0.933 bits per heavy atom. The highest BCUT2D eigenvalue weighted by Gasteiger charge is 2.19. The molecule has 0 aromatic rings. The van der Waals surface area contributed by atoms with Crippen LogP contribution in [0.2, 0.25) is 0 Å². The second kappa shape index (κ2) is 7.27. The standard InChI is InChI=1S/C14H31N/c1-7-10-13(12(8-2)9-3)11-15-14(4,5)6/h12-13,15H,7-11H2,1-6H3. The van der Waals surface area contributed by atoms with E-state index in [1.54, 1.807) is 0 Å². The van der Waals surface area contributed by atoms with Crippen molar-refractivity contribution < 1.29 is 0 Å². The monoisotopic (exact) mass is 213 g/mol. The smallest absolute Gasteiger partial charge is 0.00966 e. The van der Waals surface area contributed by atoms with Gasteiger partial charge in [0.05, 0.1) is 0 Å². The zero-order valence-electron chi connectivity index (χ0n) is 11.7. The van der Waals surface area contributed by atoms with Gasteiger partial charge in [-0.15, -0.1) is 0 Å². The first-order valence-corrected chi connectivity index (χ1v) is 6.69. The molecule has 0 fully saturated rings. The SMILES string of the molecule is CCCC(CNC(C)(C)C)C(CC)CC. The molecule has 0 amide bonds. The van der Waals surface area contributed by atoms with Crippen molar-refractivity contribution in [2.45, 2.75) is 72.8 Å². The third kappa shape index (κ3) is 6.94. The second-order valence-corrected chi connectivity index (χ2v) is 5.76. The molecular formula is C14H31N. The van der Waals surface area contributed by atoms with Gasteiger partial charge in [-0.3, -0.25) is 0 Å². The van der Waals surface area contributed by atoms with Crippen LogP contribution in [-0.2, 0) is 0 Å². The van der Waals surface area contributed by atoms with Crippen LogP contribution in [0.3, 0.4) is 0 Å². The molecule has 0 spiro atoms. The number of hydrogen-bond acceptors (Lipinski definition) is 1. The van der Waals surface area contributed by atoms with Crippen LogP contribution < -0.4 is 5.32 Å². The predicted molar refractivity (Wildman–Crippen MR) is 70.2 cm³/mol. The summed E-state index contributed by atoms with van der Waals surface area (Å²) in [5.74, 6) is 1.77. The van der Waals surface area contributed by atoms with E-state index in [9.17, 15) is 0 Å². The van der Waals surface area contributed by atoms with Gasteiger partial charge in [0.15, 0.2) is 0 Å². The van der Waals surface area contributed by atoms with Gasteiger partial charge in [-0.2, -0.15) is 0 Å². The summed E-state index contributed by atoms with van der Waals surface area (Å²) in [5.41, 5.74) is 0.262. The Hall–Kier alpha value is -0.0400. The predicted octanol–water partition coefficient (Wildman–Crippen LogP) is 4.23. The summed E-state index contributed by atoms with van der Waals surface area (Å²) >= 11 is 0. The molecule has 0 heterocycles. The van der Waals surface area contributed by atoms with Gasteiger partial charge in [-0.25, -0.2) is 0 Å². The molecule has 0 aliphatic rings. The summed E-state index contributed by atoms with van der Waals surface area (Å²) in [6, 6.07) is 0. The molecule has 15 heavy (non-hydrogen) atoms. The molecule has 1 nitrogen and oxygen atoms in total. The van der Waals surface area contributed by atoms with Gasteiger partial charge in [0.25, 0.3) is 0 Å². The Labute approximate surface area is 97.0 Å². The molecule has 1 heteroatoms. The van der Waals surface area contributed by atoms with Crippen molar-refractivity contribution in [1.82, 2.24) is 5.32 Å². The molecule has 92 valence electrons. The summed E-state index contributed by atoms with van der Waals surface area (Å²) in [6.07, 6.45) is 5.34. The van der Waals surface area contributed by atoms with Gasteiger partial charge >= 0.3 is 0 Å². The topological polar surface area (TPSA) is 12.0 Å². The maximum Gasteiger partial charge on any atom is 0.00966 e. The second-order valence-electron chi connectivity index (χ2n) is 5.76. The molecule has 1 atom stereocenters. The van der Waals surface area contributed by atoms with Crippen molar-refractivity contribution in [3.63, 3.8) is 0 Å². The van der Waals surface area contributed by atoms with E-state index in [0.29, 0.717) is 0 Å². The molecule has 0 aliphatic heterocycles. The Balaban J connectivity index is 4.13. The Morgan fingerprint density at radius 2 is 1.47 bits per heavy atom. The minimum absolute atomic E-state index is 0.262. The first-order valence-electron chi connectivity index (χ1n) is 6.69. The minimum Gasteiger partial charge on any atom is -0.312 e. The summed E-state index contributed by atoms with van der Waals surface area (Å²) in [4.78, 5) is 0. The van der Waals surface area contributed by atoms with Crippen LogP contribution in [0.5, 0.6) is 0 Å². The van der Waals surface area contributed by atoms with Crippen molar-refractivity contribution >= 4 is 0 Å². The highest BCUT2D eigenvalue weighted by Crippen LogP contribution is 2.24. The van der Waals surface area contributed by atoms with Crippen molar-refractivity contribution in [1.29, 1.82) is 0 Å². The highest BCUT2D eigenvalue weighted by molar-refractivity contribution is 4.76. The average molecular weight is 213 g/mol. The summed E-state index contributed by atoms with van der Waals surface area (Å²) in [6.45, 7) is 14.9. The van der Waals surface area contributed by atoms with E-state index in [1.807, 2.05) is 0 Å². The van der Waals surface area contributed by atoms with E-state index in [0.717, 1.165) is 11.8 Å². The Morgan fingerprint density at radius 3 is 1.80 bits per heavy atom. The lowest BCUT2D eigenvalue weighted by atomic mass is 9.84. The first-order chi connectivity index (χ1) is 6.94. The van der Waals surface area contributed by atoms with Gasteiger partial charge < -0.3 is 5.32 Å². The number of hydrogen-bond donors (Lipinski definition) is 1. The quantitative estimate of drug-likeness (QED) is 0.667. The van der Waals surface area contributed by atoms with Crippen LogP contribution in [0, 0.1) is 11.8 Å². The van der Waals surface area contributed by atoms with E-state index in [1.165, 1.54) is 32.2 Å². The number of nitrogens with one attached hydrogen (secondary N) is 1. The van der Waals surface area contributed by atoms with Crippen LogP contribution in [0.4, 0.5) is 0 Å². The van der Waals surface area contributed by atoms with Gasteiger partial charge in [0, 0.05) is 5.54 Å². The molecule has 0 rings (SSSR count). The molecule has 0 radical (unpaired) electrons. The first kappa shape index (κ1) is 15.0. The van der Waals surface area contributed by atoms with Gasteiger partial charge in [-0.05, 0) is 45.6 Å². The molecule has 0 aliphatic carbocycles. The van der Waals surface area contributed by atoms with Crippen LogP contribution in [-0.4, -0.2) is 12.1 Å². The lowest BCUT2D eigenvalue weighted by Crippen LogP contribution is -2.40. The summed E-state index contributed by atoms with van der Waals surface area (Å²) in [7, 11) is 0. The lowest BCUT2D eigenvalue weighted by Gasteiger charge is -2.29. The average Bonchev–Trinajstić information content (AvgIpc) is 2.14. The maximum atomic E-state index is 3.66. The highest BCUT2D eigenvalue weighted by atomic mass is 14.9. The van der Waals surface area contributed by atoms with Crippen LogP contribution in [0.15, 0.2) is 0 Å². The summed E-state index contributed by atoms with van der Waals surface area (Å²) in [5, 5.41) is 3.66. The largest absolute Gasteiger partial charge is 0.312 e. The zero-order valence-corrected chi connectivity index (χ0v) is 11.7. The lowest BCUT2D eigenvalue weighted by molar-refractivity contribution is 0.257. The van der Waals surface area contributed by atoms with Gasteiger partial charge in [-0.1, -0.05) is 40.0 Å². The van der Waals surface area contributed by atoms with Crippen LogP contribution >= 0.6 is 0 Å². The van der Waals surface area contributed by atoms with Crippen LogP contribution in [0.1, 0.15) is 67.2 Å². The maximum absolute atomic E-state index is 3.66. The fourth-order valence-corrected chi connectivity index (χ4v) is 2.27. The van der Waals surface area contributed by atoms with Gasteiger partial charge in [0.1, 0.15) is 0 Å². The molecule has 1 unspecified atom stereocenters. The fourth-order valence-electron chi connectivity index (χ4n) is 2.27. The minimum atomic E-state index is 0.262. The van der Waals surface area contributed by atoms with Gasteiger partial charge in [0.2, 0.25) is 0 Å². The molecule has 0 aromatic heterocycles. The normalized spacial score (nSPS) is 14.6. The van der Waals surface area contributed by atoms with Crippen molar-refractivity contribution in [2.75, 3.05) is 6.54 Å². The molecule has 0 aromatic carbocycles. The van der Waals surface area contributed by atoms with Crippen molar-refractivity contribution in [2.24, 2.45) is 11.8 Å². The van der Waals surface area contributed by atoms with E-state index >= 15 is 0 Å². The molecule has 0 saturated heterocycles. The third-order valence-corrected chi connectivity index (χ3v) is 3.27. The van der Waals surface area contributed by atoms with E-state index < -0.39 is 0 Å². The molecule has 0 bridgehead atoms.